The fourth-order valence-electron chi connectivity index (χ4n) is 1.79. The molecule has 0 saturated carbocycles. The predicted molar refractivity (Wildman–Crippen MR) is 81.7 cm³/mol. The second kappa shape index (κ2) is 9.14. The van der Waals surface area contributed by atoms with Crippen molar-refractivity contribution in [3.63, 3.8) is 0 Å². The monoisotopic (exact) mass is 318 g/mol. The van der Waals surface area contributed by atoms with Crippen LogP contribution in [-0.2, 0) is 21.3 Å². The summed E-state index contributed by atoms with van der Waals surface area (Å²) in [7, 11) is -0.387. The van der Waals surface area contributed by atoms with E-state index in [1.165, 1.54) is 10.5 Å². The molecule has 0 aliphatic heterocycles. The first-order chi connectivity index (χ1) is 10.0. The Morgan fingerprint density at radius 2 is 2.19 bits per heavy atom. The topological polar surface area (TPSA) is 76.5 Å². The second-order valence-electron chi connectivity index (χ2n) is 4.86. The predicted octanol–water partition coefficient (Wildman–Crippen LogP) is 0.540. The van der Waals surface area contributed by atoms with Crippen LogP contribution < -0.4 is 5.32 Å². The minimum absolute atomic E-state index is 0.225. The summed E-state index contributed by atoms with van der Waals surface area (Å²) in [5.74, 6) is 0. The first-order valence-electron chi connectivity index (χ1n) is 7.20. The van der Waals surface area contributed by atoms with Crippen molar-refractivity contribution < 1.29 is 13.2 Å². The van der Waals surface area contributed by atoms with Crippen molar-refractivity contribution in [1.82, 2.24) is 19.4 Å². The van der Waals surface area contributed by atoms with Crippen LogP contribution in [0.2, 0.25) is 0 Å². The van der Waals surface area contributed by atoms with Gasteiger partial charge in [-0.1, -0.05) is 6.92 Å². The van der Waals surface area contributed by atoms with Crippen LogP contribution in [0, 0.1) is 0 Å². The zero-order chi connectivity index (χ0) is 15.7. The molecule has 0 saturated heterocycles. The molecule has 1 rings (SSSR count). The van der Waals surface area contributed by atoms with Crippen LogP contribution in [0.5, 0.6) is 0 Å². The molecule has 1 aromatic rings. The maximum absolute atomic E-state index is 12.3. The quantitative estimate of drug-likeness (QED) is 0.603. The van der Waals surface area contributed by atoms with Crippen LogP contribution in [0.4, 0.5) is 0 Å². The molecule has 1 N–H and O–H groups in total. The molecule has 1 aromatic heterocycles. The average molecular weight is 318 g/mol. The summed E-state index contributed by atoms with van der Waals surface area (Å²) < 4.78 is 32.4. The first-order valence-corrected chi connectivity index (χ1v) is 8.64. The van der Waals surface area contributed by atoms with Crippen LogP contribution in [0.15, 0.2) is 17.3 Å². The van der Waals surface area contributed by atoms with E-state index in [1.54, 1.807) is 25.0 Å². The molecule has 0 aliphatic carbocycles. The Labute approximate surface area is 127 Å². The molecule has 0 unspecified atom stereocenters. The van der Waals surface area contributed by atoms with Gasteiger partial charge in [0.05, 0.1) is 12.8 Å². The molecular weight excluding hydrogens is 292 g/mol. The molecule has 0 fully saturated rings. The largest absolute Gasteiger partial charge is 0.383 e. The lowest BCUT2D eigenvalue weighted by Gasteiger charge is -2.15. The Balaban J connectivity index is 2.53. The van der Waals surface area contributed by atoms with Gasteiger partial charge in [0.2, 0.25) is 10.0 Å². The van der Waals surface area contributed by atoms with E-state index in [9.17, 15) is 8.42 Å². The van der Waals surface area contributed by atoms with Crippen molar-refractivity contribution in [2.75, 3.05) is 40.4 Å². The number of aryl methyl sites for hydroxylation is 1. The number of methoxy groups -OCH3 is 1. The molecule has 0 aromatic carbocycles. The van der Waals surface area contributed by atoms with Gasteiger partial charge in [0.25, 0.3) is 0 Å². The van der Waals surface area contributed by atoms with Crippen molar-refractivity contribution in [3.05, 3.63) is 12.4 Å². The van der Waals surface area contributed by atoms with Gasteiger partial charge in [-0.05, 0) is 25.9 Å². The van der Waals surface area contributed by atoms with Gasteiger partial charge in [0, 0.05) is 33.4 Å². The van der Waals surface area contributed by atoms with Crippen molar-refractivity contribution in [1.29, 1.82) is 0 Å². The summed E-state index contributed by atoms with van der Waals surface area (Å²) in [5.41, 5.74) is 0. The minimum atomic E-state index is -3.48. The fraction of sp³-hybridized carbons (Fsp3) is 0.769. The van der Waals surface area contributed by atoms with Gasteiger partial charge in [-0.2, -0.15) is 9.40 Å². The first kappa shape index (κ1) is 18.1. The van der Waals surface area contributed by atoms with E-state index in [-0.39, 0.29) is 4.90 Å². The highest BCUT2D eigenvalue weighted by Crippen LogP contribution is 2.13. The van der Waals surface area contributed by atoms with Gasteiger partial charge in [-0.3, -0.25) is 4.68 Å². The molecule has 0 amide bonds. The second-order valence-corrected chi connectivity index (χ2v) is 6.91. The van der Waals surface area contributed by atoms with E-state index in [0.717, 1.165) is 25.9 Å². The number of hydrogen-bond acceptors (Lipinski definition) is 5. The van der Waals surface area contributed by atoms with Crippen LogP contribution in [0.25, 0.3) is 0 Å². The van der Waals surface area contributed by atoms with Crippen LogP contribution in [-0.4, -0.2) is 62.9 Å². The zero-order valence-corrected chi connectivity index (χ0v) is 13.9. The zero-order valence-electron chi connectivity index (χ0n) is 13.1. The normalized spacial score (nSPS) is 12.2. The summed E-state index contributed by atoms with van der Waals surface area (Å²) in [5, 5.41) is 7.42. The molecule has 122 valence electrons. The van der Waals surface area contributed by atoms with E-state index in [2.05, 4.69) is 17.3 Å². The standard InChI is InChI=1S/C13H26N4O3S/c1-4-6-14-7-5-8-17-12-13(11-15-17)21(18,19)16(2)9-10-20-3/h11-12,14H,4-10H2,1-3H3. The van der Waals surface area contributed by atoms with Crippen LogP contribution in [0.3, 0.4) is 0 Å². The van der Waals surface area contributed by atoms with Crippen molar-refractivity contribution >= 4 is 10.0 Å². The number of likely N-dealkylation sites (N-methyl/N-ethyl adjacent to an activating group) is 1. The Morgan fingerprint density at radius 1 is 1.43 bits per heavy atom. The molecule has 7 nitrogen and oxygen atoms in total. The van der Waals surface area contributed by atoms with E-state index < -0.39 is 10.0 Å². The summed E-state index contributed by atoms with van der Waals surface area (Å²) in [6.07, 6.45) is 5.01. The molecule has 0 bridgehead atoms. The minimum Gasteiger partial charge on any atom is -0.383 e. The number of nitrogens with zero attached hydrogens (tertiary/aromatic N) is 3. The lowest BCUT2D eigenvalue weighted by atomic mass is 10.4. The Hall–Kier alpha value is -0.960. The lowest BCUT2D eigenvalue weighted by Crippen LogP contribution is -2.29. The molecule has 0 atom stereocenters. The molecule has 8 heteroatoms. The van der Waals surface area contributed by atoms with E-state index in [1.807, 2.05) is 0 Å². The van der Waals surface area contributed by atoms with Crippen molar-refractivity contribution in [3.8, 4) is 0 Å². The van der Waals surface area contributed by atoms with Crippen LogP contribution in [0.1, 0.15) is 19.8 Å². The maximum atomic E-state index is 12.3. The smallest absolute Gasteiger partial charge is 0.246 e. The summed E-state index contributed by atoms with van der Waals surface area (Å²) in [6.45, 7) is 5.43. The van der Waals surface area contributed by atoms with E-state index >= 15 is 0 Å². The third-order valence-corrected chi connectivity index (χ3v) is 4.91. The Bertz CT molecular complexity index is 501. The highest BCUT2D eigenvalue weighted by atomic mass is 32.2. The van der Waals surface area contributed by atoms with E-state index in [0.29, 0.717) is 19.7 Å². The fourth-order valence-corrected chi connectivity index (χ4v) is 2.90. The maximum Gasteiger partial charge on any atom is 0.246 e. The third kappa shape index (κ3) is 5.74. The van der Waals surface area contributed by atoms with E-state index in [4.69, 9.17) is 4.74 Å². The lowest BCUT2D eigenvalue weighted by molar-refractivity contribution is 0.185. The Morgan fingerprint density at radius 3 is 2.86 bits per heavy atom. The molecule has 0 spiro atoms. The van der Waals surface area contributed by atoms with Crippen molar-refractivity contribution in [2.45, 2.75) is 31.2 Å². The number of aromatic nitrogens is 2. The van der Waals surface area contributed by atoms with Crippen LogP contribution >= 0.6 is 0 Å². The van der Waals surface area contributed by atoms with Gasteiger partial charge in [0.15, 0.2) is 0 Å². The molecular formula is C13H26N4O3S. The number of ether oxygens (including phenoxy) is 1. The highest BCUT2D eigenvalue weighted by Gasteiger charge is 2.22. The molecule has 0 aliphatic rings. The van der Waals surface area contributed by atoms with Gasteiger partial charge in [-0.25, -0.2) is 8.42 Å². The van der Waals surface area contributed by atoms with Gasteiger partial charge < -0.3 is 10.1 Å². The third-order valence-electron chi connectivity index (χ3n) is 3.10. The number of rotatable bonds is 11. The SMILES string of the molecule is CCCNCCCn1cc(S(=O)(=O)N(C)CCOC)cn1. The molecule has 1 heterocycles. The van der Waals surface area contributed by atoms with Gasteiger partial charge in [0.1, 0.15) is 4.90 Å². The Kier molecular flexibility index (Phi) is 7.87. The van der Waals surface area contributed by atoms with Gasteiger partial charge >= 0.3 is 0 Å². The highest BCUT2D eigenvalue weighted by molar-refractivity contribution is 7.89. The van der Waals surface area contributed by atoms with Crippen molar-refractivity contribution in [2.24, 2.45) is 0 Å². The summed E-state index contributed by atoms with van der Waals surface area (Å²) in [6, 6.07) is 0. The number of hydrogen-bond donors (Lipinski definition) is 1. The number of sulfonamides is 1. The summed E-state index contributed by atoms with van der Waals surface area (Å²) in [4.78, 5) is 0.225. The van der Waals surface area contributed by atoms with Gasteiger partial charge in [-0.15, -0.1) is 0 Å². The molecule has 0 radical (unpaired) electrons. The molecule has 21 heavy (non-hydrogen) atoms. The number of nitrogens with one attached hydrogen (secondary N) is 1. The summed E-state index contributed by atoms with van der Waals surface area (Å²) >= 11 is 0. The average Bonchev–Trinajstić information content (AvgIpc) is 2.94.